The minimum atomic E-state index is -0.465. The number of alkyl carbamates (subject to hydrolysis) is 1. The van der Waals surface area contributed by atoms with Crippen LogP contribution in [0.2, 0.25) is 0 Å². The normalized spacial score (nSPS) is 18.4. The molecule has 0 radical (unpaired) electrons. The van der Waals surface area contributed by atoms with Crippen molar-refractivity contribution < 1.29 is 9.53 Å². The molecule has 2 rings (SSSR count). The molecule has 0 saturated carbocycles. The summed E-state index contributed by atoms with van der Waals surface area (Å²) in [7, 11) is 0. The van der Waals surface area contributed by atoms with Crippen LogP contribution in [0.4, 0.5) is 4.79 Å². The molecule has 1 aromatic rings. The standard InChI is InChI=1S/C18H27BrN2O2/c1-5-14(21-17(22)23-18(2,3)4)11-20-16-9-6-12-10-13(19)7-8-15(12)16/h7-8,10,14,16,20H,5-6,9,11H2,1-4H3,(H,21,22). The van der Waals surface area contributed by atoms with Gasteiger partial charge in [-0.15, -0.1) is 0 Å². The van der Waals surface area contributed by atoms with Crippen LogP contribution >= 0.6 is 15.9 Å². The fourth-order valence-corrected chi connectivity index (χ4v) is 3.26. The lowest BCUT2D eigenvalue weighted by Crippen LogP contribution is -2.44. The van der Waals surface area contributed by atoms with Crippen LogP contribution in [0.15, 0.2) is 22.7 Å². The molecule has 0 fully saturated rings. The summed E-state index contributed by atoms with van der Waals surface area (Å²) in [4.78, 5) is 11.9. The van der Waals surface area contributed by atoms with E-state index in [0.717, 1.165) is 30.3 Å². The van der Waals surface area contributed by atoms with Crippen LogP contribution in [0.25, 0.3) is 0 Å². The number of benzene rings is 1. The quantitative estimate of drug-likeness (QED) is 0.796. The second kappa shape index (κ2) is 7.67. The first kappa shape index (κ1) is 18.3. The van der Waals surface area contributed by atoms with Crippen molar-refractivity contribution in [3.63, 3.8) is 0 Å². The van der Waals surface area contributed by atoms with Gasteiger partial charge in [-0.05, 0) is 63.3 Å². The molecule has 128 valence electrons. The molecule has 1 aliphatic carbocycles. The van der Waals surface area contributed by atoms with Crippen LogP contribution < -0.4 is 10.6 Å². The van der Waals surface area contributed by atoms with Crippen molar-refractivity contribution >= 4 is 22.0 Å². The van der Waals surface area contributed by atoms with E-state index >= 15 is 0 Å². The topological polar surface area (TPSA) is 50.4 Å². The average Bonchev–Trinajstić information content (AvgIpc) is 2.83. The largest absolute Gasteiger partial charge is 0.444 e. The van der Waals surface area contributed by atoms with Gasteiger partial charge in [0.1, 0.15) is 5.60 Å². The van der Waals surface area contributed by atoms with E-state index in [1.807, 2.05) is 20.8 Å². The Morgan fingerprint density at radius 3 is 2.83 bits per heavy atom. The summed E-state index contributed by atoms with van der Waals surface area (Å²) in [5.74, 6) is 0. The van der Waals surface area contributed by atoms with Gasteiger partial charge in [-0.3, -0.25) is 0 Å². The number of carbonyl (C=O) groups excluding carboxylic acids is 1. The van der Waals surface area contributed by atoms with E-state index in [-0.39, 0.29) is 12.1 Å². The monoisotopic (exact) mass is 382 g/mol. The van der Waals surface area contributed by atoms with Gasteiger partial charge in [-0.2, -0.15) is 0 Å². The van der Waals surface area contributed by atoms with Gasteiger partial charge in [0.15, 0.2) is 0 Å². The van der Waals surface area contributed by atoms with Crippen molar-refractivity contribution in [2.24, 2.45) is 0 Å². The molecule has 1 amide bonds. The zero-order chi connectivity index (χ0) is 17.0. The predicted molar refractivity (Wildman–Crippen MR) is 96.7 cm³/mol. The summed E-state index contributed by atoms with van der Waals surface area (Å²) in [5, 5.41) is 6.54. The summed E-state index contributed by atoms with van der Waals surface area (Å²) in [6.45, 7) is 8.44. The highest BCUT2D eigenvalue weighted by molar-refractivity contribution is 9.10. The second-order valence-corrected chi connectivity index (χ2v) is 8.01. The van der Waals surface area contributed by atoms with Crippen LogP contribution in [-0.2, 0) is 11.2 Å². The van der Waals surface area contributed by atoms with Crippen molar-refractivity contribution in [2.45, 2.75) is 64.6 Å². The maximum absolute atomic E-state index is 11.9. The summed E-state index contributed by atoms with van der Waals surface area (Å²) >= 11 is 3.53. The van der Waals surface area contributed by atoms with E-state index in [9.17, 15) is 4.79 Å². The molecular weight excluding hydrogens is 356 g/mol. The molecule has 1 aromatic carbocycles. The maximum atomic E-state index is 11.9. The molecule has 0 spiro atoms. The molecule has 1 aliphatic rings. The second-order valence-electron chi connectivity index (χ2n) is 7.09. The zero-order valence-corrected chi connectivity index (χ0v) is 16.0. The molecule has 2 unspecified atom stereocenters. The van der Waals surface area contributed by atoms with E-state index in [2.05, 4.69) is 51.7 Å². The number of rotatable bonds is 5. The molecule has 0 aromatic heterocycles. The molecule has 2 atom stereocenters. The van der Waals surface area contributed by atoms with Crippen molar-refractivity contribution in [2.75, 3.05) is 6.54 Å². The predicted octanol–water partition coefficient (Wildman–Crippen LogP) is 4.33. The molecule has 0 aliphatic heterocycles. The lowest BCUT2D eigenvalue weighted by molar-refractivity contribution is 0.0502. The van der Waals surface area contributed by atoms with Crippen molar-refractivity contribution in [1.82, 2.24) is 10.6 Å². The van der Waals surface area contributed by atoms with Crippen molar-refractivity contribution in [3.05, 3.63) is 33.8 Å². The third-order valence-electron chi connectivity index (χ3n) is 4.01. The van der Waals surface area contributed by atoms with Gasteiger partial charge in [0.25, 0.3) is 0 Å². The fourth-order valence-electron chi connectivity index (χ4n) is 2.85. The van der Waals surface area contributed by atoms with E-state index in [0.29, 0.717) is 6.04 Å². The molecule has 0 saturated heterocycles. The Morgan fingerprint density at radius 2 is 2.17 bits per heavy atom. The Morgan fingerprint density at radius 1 is 1.43 bits per heavy atom. The average molecular weight is 383 g/mol. The maximum Gasteiger partial charge on any atom is 0.407 e. The van der Waals surface area contributed by atoms with Gasteiger partial charge in [0, 0.05) is 23.1 Å². The smallest absolute Gasteiger partial charge is 0.407 e. The lowest BCUT2D eigenvalue weighted by Gasteiger charge is -2.24. The number of aryl methyl sites for hydroxylation is 1. The Hall–Kier alpha value is -1.07. The van der Waals surface area contributed by atoms with Crippen LogP contribution in [0.5, 0.6) is 0 Å². The van der Waals surface area contributed by atoms with Crippen LogP contribution in [0.1, 0.15) is 57.7 Å². The van der Waals surface area contributed by atoms with Crippen molar-refractivity contribution in [3.8, 4) is 0 Å². The SMILES string of the molecule is CCC(CNC1CCc2cc(Br)ccc21)NC(=O)OC(C)(C)C. The number of halogens is 1. The summed E-state index contributed by atoms with van der Waals surface area (Å²) < 4.78 is 6.46. The van der Waals surface area contributed by atoms with E-state index < -0.39 is 5.60 Å². The number of carbonyl (C=O) groups is 1. The number of nitrogens with one attached hydrogen (secondary N) is 2. The Bertz CT molecular complexity index is 554. The first-order valence-electron chi connectivity index (χ1n) is 8.29. The minimum Gasteiger partial charge on any atom is -0.444 e. The Kier molecular flexibility index (Phi) is 6.09. The molecule has 0 heterocycles. The zero-order valence-electron chi connectivity index (χ0n) is 14.4. The van der Waals surface area contributed by atoms with E-state index in [4.69, 9.17) is 4.74 Å². The number of fused-ring (bicyclic) bond motifs is 1. The fraction of sp³-hybridized carbons (Fsp3) is 0.611. The first-order valence-corrected chi connectivity index (χ1v) is 9.09. The highest BCUT2D eigenvalue weighted by atomic mass is 79.9. The minimum absolute atomic E-state index is 0.0735. The summed E-state index contributed by atoms with van der Waals surface area (Å²) in [5.41, 5.74) is 2.32. The number of hydrogen-bond donors (Lipinski definition) is 2. The van der Waals surface area contributed by atoms with Crippen LogP contribution in [0.3, 0.4) is 0 Å². The molecule has 5 heteroatoms. The van der Waals surface area contributed by atoms with Crippen molar-refractivity contribution in [1.29, 1.82) is 0 Å². The van der Waals surface area contributed by atoms with Gasteiger partial charge in [-0.25, -0.2) is 4.79 Å². The van der Waals surface area contributed by atoms with E-state index in [1.54, 1.807) is 0 Å². The van der Waals surface area contributed by atoms with E-state index in [1.165, 1.54) is 11.1 Å². The van der Waals surface area contributed by atoms with Crippen LogP contribution in [0, 0.1) is 0 Å². The van der Waals surface area contributed by atoms with Gasteiger partial charge >= 0.3 is 6.09 Å². The number of ether oxygens (including phenoxy) is 1. The molecule has 2 N–H and O–H groups in total. The molecular formula is C18H27BrN2O2. The van der Waals surface area contributed by atoms with Gasteiger partial charge in [0.05, 0.1) is 0 Å². The molecule has 4 nitrogen and oxygen atoms in total. The van der Waals surface area contributed by atoms with Gasteiger partial charge in [0.2, 0.25) is 0 Å². The molecule has 23 heavy (non-hydrogen) atoms. The van der Waals surface area contributed by atoms with Gasteiger partial charge < -0.3 is 15.4 Å². The highest BCUT2D eigenvalue weighted by Crippen LogP contribution is 2.32. The Balaban J connectivity index is 1.86. The van der Waals surface area contributed by atoms with Crippen LogP contribution in [-0.4, -0.2) is 24.3 Å². The third-order valence-corrected chi connectivity index (χ3v) is 4.50. The Labute approximate surface area is 147 Å². The van der Waals surface area contributed by atoms with Gasteiger partial charge in [-0.1, -0.05) is 28.9 Å². The summed E-state index contributed by atoms with van der Waals surface area (Å²) in [6, 6.07) is 6.92. The lowest BCUT2D eigenvalue weighted by atomic mass is 10.1. The highest BCUT2D eigenvalue weighted by Gasteiger charge is 2.24. The first-order chi connectivity index (χ1) is 10.8. The number of hydrogen-bond acceptors (Lipinski definition) is 3. The number of amides is 1. The third kappa shape index (κ3) is 5.50. The summed E-state index contributed by atoms with van der Waals surface area (Å²) in [6.07, 6.45) is 2.73. The molecule has 0 bridgehead atoms.